The average molecular weight is 600 g/mol. The Morgan fingerprint density at radius 3 is 2.65 bits per heavy atom. The van der Waals surface area contributed by atoms with Crippen LogP contribution in [0.5, 0.6) is 11.5 Å². The molecule has 1 fully saturated rings. The summed E-state index contributed by atoms with van der Waals surface area (Å²) in [5.41, 5.74) is 3.21. The number of nitrogens with zero attached hydrogens (tertiary/aromatic N) is 4. The molecule has 1 aliphatic heterocycles. The van der Waals surface area contributed by atoms with E-state index in [1.54, 1.807) is 17.8 Å². The van der Waals surface area contributed by atoms with Gasteiger partial charge in [-0.1, -0.05) is 18.2 Å². The Bertz CT molecular complexity index is 1550. The minimum Gasteiger partial charge on any atom is -0.460 e. The van der Waals surface area contributed by atoms with Crippen LogP contribution in [0, 0.1) is 6.92 Å². The number of carbonyl (C=O) groups is 2. The second-order valence-corrected chi connectivity index (χ2v) is 12.4. The Balaban J connectivity index is 1.39. The van der Waals surface area contributed by atoms with Crippen molar-refractivity contribution in [2.45, 2.75) is 71.4 Å². The van der Waals surface area contributed by atoms with Gasteiger partial charge in [0.1, 0.15) is 27.8 Å². The van der Waals surface area contributed by atoms with Crippen molar-refractivity contribution in [2.24, 2.45) is 0 Å². The van der Waals surface area contributed by atoms with Crippen molar-refractivity contribution in [2.75, 3.05) is 16.8 Å². The number of ether oxygens (including phenoxy) is 2. The van der Waals surface area contributed by atoms with E-state index >= 15 is 0 Å². The van der Waals surface area contributed by atoms with E-state index in [1.807, 2.05) is 76.2 Å². The zero-order valence-corrected chi connectivity index (χ0v) is 25.8. The molecule has 3 heterocycles. The van der Waals surface area contributed by atoms with Crippen LogP contribution in [-0.2, 0) is 9.53 Å². The van der Waals surface area contributed by atoms with E-state index in [9.17, 15) is 9.59 Å². The zero-order chi connectivity index (χ0) is 30.4. The Morgan fingerprint density at radius 2 is 1.91 bits per heavy atom. The van der Waals surface area contributed by atoms with Gasteiger partial charge < -0.3 is 19.7 Å². The second-order valence-electron chi connectivity index (χ2n) is 11.6. The van der Waals surface area contributed by atoms with Gasteiger partial charge in [0.2, 0.25) is 0 Å². The Hall–Kier alpha value is -4.31. The number of para-hydroxylation sites is 1. The highest BCUT2D eigenvalue weighted by molar-refractivity contribution is 7.13. The van der Waals surface area contributed by atoms with E-state index in [1.165, 1.54) is 11.3 Å². The van der Waals surface area contributed by atoms with Crippen molar-refractivity contribution in [1.29, 1.82) is 0 Å². The van der Waals surface area contributed by atoms with Gasteiger partial charge in [0.25, 0.3) is 5.91 Å². The quantitative estimate of drug-likeness (QED) is 0.188. The summed E-state index contributed by atoms with van der Waals surface area (Å²) >= 11 is 1.38. The third-order valence-electron chi connectivity index (χ3n) is 7.17. The highest BCUT2D eigenvalue weighted by atomic mass is 32.1. The van der Waals surface area contributed by atoms with Crippen molar-refractivity contribution in [3.05, 3.63) is 77.6 Å². The van der Waals surface area contributed by atoms with Crippen molar-refractivity contribution >= 4 is 34.6 Å². The molecule has 2 aromatic carbocycles. The predicted octanol–water partition coefficient (Wildman–Crippen LogP) is 7.43. The molecule has 1 aliphatic rings. The third kappa shape index (κ3) is 7.75. The van der Waals surface area contributed by atoms with Gasteiger partial charge in [-0.2, -0.15) is 10.2 Å². The Kier molecular flexibility index (Phi) is 9.35. The molecule has 43 heavy (non-hydrogen) atoms. The van der Waals surface area contributed by atoms with Crippen LogP contribution in [0.2, 0.25) is 0 Å². The monoisotopic (exact) mass is 599 g/mol. The van der Waals surface area contributed by atoms with Crippen molar-refractivity contribution < 1.29 is 19.1 Å². The first-order valence-corrected chi connectivity index (χ1v) is 15.4. The number of amides is 1. The summed E-state index contributed by atoms with van der Waals surface area (Å²) < 4.78 is 11.8. The first-order valence-electron chi connectivity index (χ1n) is 14.6. The number of benzene rings is 2. The van der Waals surface area contributed by atoms with Gasteiger partial charge in [0, 0.05) is 35.5 Å². The lowest BCUT2D eigenvalue weighted by Gasteiger charge is -2.31. The summed E-state index contributed by atoms with van der Waals surface area (Å²) in [4.78, 5) is 32.7. The second kappa shape index (κ2) is 13.3. The van der Waals surface area contributed by atoms with Gasteiger partial charge in [-0.25, -0.2) is 4.98 Å². The average Bonchev–Trinajstić information content (AvgIpc) is 3.65. The van der Waals surface area contributed by atoms with Crippen molar-refractivity contribution in [1.82, 2.24) is 15.2 Å². The maximum atomic E-state index is 13.5. The topological polar surface area (TPSA) is 107 Å². The molecule has 10 heteroatoms. The molecule has 0 saturated carbocycles. The molecule has 9 nitrogen and oxygen atoms in total. The highest BCUT2D eigenvalue weighted by Crippen LogP contribution is 2.42. The minimum absolute atomic E-state index is 0.176. The van der Waals surface area contributed by atoms with E-state index in [0.29, 0.717) is 22.8 Å². The van der Waals surface area contributed by atoms with Crippen LogP contribution >= 0.6 is 11.3 Å². The smallest absolute Gasteiger partial charge is 0.306 e. The van der Waals surface area contributed by atoms with E-state index in [0.717, 1.165) is 60.5 Å². The largest absolute Gasteiger partial charge is 0.460 e. The molecule has 0 aliphatic carbocycles. The first kappa shape index (κ1) is 30.2. The number of carbonyl (C=O) groups excluding carboxylic acids is 2. The van der Waals surface area contributed by atoms with Gasteiger partial charge >= 0.3 is 5.97 Å². The van der Waals surface area contributed by atoms with E-state index in [-0.39, 0.29) is 17.9 Å². The number of hydrogen-bond acceptors (Lipinski definition) is 9. The van der Waals surface area contributed by atoms with Gasteiger partial charge in [0.05, 0.1) is 23.8 Å². The number of rotatable bonds is 10. The van der Waals surface area contributed by atoms with Crippen LogP contribution in [0.3, 0.4) is 0 Å². The molecule has 0 spiro atoms. The number of nitrogens with one attached hydrogen (secondary N) is 1. The fourth-order valence-corrected chi connectivity index (χ4v) is 6.09. The summed E-state index contributed by atoms with van der Waals surface area (Å²) in [7, 11) is 0. The molecular formula is C33H37N5O4S. The van der Waals surface area contributed by atoms with E-state index < -0.39 is 5.60 Å². The first-order chi connectivity index (χ1) is 20.7. The number of anilines is 2. The molecule has 0 radical (unpaired) electrons. The van der Waals surface area contributed by atoms with Crippen molar-refractivity contribution in [3.63, 3.8) is 0 Å². The van der Waals surface area contributed by atoms with Crippen LogP contribution in [0.1, 0.15) is 68.9 Å². The van der Waals surface area contributed by atoms with Crippen molar-refractivity contribution in [3.8, 4) is 22.1 Å². The van der Waals surface area contributed by atoms with Crippen LogP contribution < -0.4 is 15.0 Å². The zero-order valence-electron chi connectivity index (χ0n) is 25.0. The molecule has 0 bridgehead atoms. The Morgan fingerprint density at radius 1 is 1.09 bits per heavy atom. The van der Waals surface area contributed by atoms with Gasteiger partial charge in [-0.3, -0.25) is 9.59 Å². The predicted molar refractivity (Wildman–Crippen MR) is 169 cm³/mol. The molecule has 1 saturated heterocycles. The molecule has 1 amide bonds. The molecule has 2 aromatic heterocycles. The molecule has 224 valence electrons. The van der Waals surface area contributed by atoms with Crippen LogP contribution in [-0.4, -0.2) is 45.2 Å². The lowest BCUT2D eigenvalue weighted by Crippen LogP contribution is -2.31. The van der Waals surface area contributed by atoms with Gasteiger partial charge in [-0.15, -0.1) is 11.3 Å². The standard InChI is InChI=1S/C33H37N5O4S/c1-22-28(41-25-12-6-5-7-13-25)16-15-26(36-31(40)27-21-43-32(37-27)23-17-18-34-35-20-23)30(22)38-19-9-11-24(38)10-8-14-29(39)42-33(2,3)4/h5-7,12-13,15-18,20-21,24H,8-11,14,19H2,1-4H3,(H,36,40)/t24-/m0/s1. The number of thiazole rings is 1. The summed E-state index contributed by atoms with van der Waals surface area (Å²) in [5, 5.41) is 13.3. The van der Waals surface area contributed by atoms with Gasteiger partial charge in [-0.05, 0) is 83.7 Å². The lowest BCUT2D eigenvalue weighted by molar-refractivity contribution is -0.154. The number of hydrogen-bond donors (Lipinski definition) is 1. The summed E-state index contributed by atoms with van der Waals surface area (Å²) in [6.07, 6.45) is 7.19. The fourth-order valence-electron chi connectivity index (χ4n) is 5.30. The molecule has 5 rings (SSSR count). The van der Waals surface area contributed by atoms with Crippen LogP contribution in [0.4, 0.5) is 11.4 Å². The van der Waals surface area contributed by atoms with Crippen LogP contribution in [0.25, 0.3) is 10.6 Å². The SMILES string of the molecule is Cc1c(Oc2ccccc2)ccc(NC(=O)c2csc(-c3ccnnc3)n2)c1N1CCC[C@@H]1CCCC(=O)OC(C)(C)C. The summed E-state index contributed by atoms with van der Waals surface area (Å²) in [5.74, 6) is 0.996. The van der Waals surface area contributed by atoms with Gasteiger partial charge in [0.15, 0.2) is 0 Å². The molecule has 0 unspecified atom stereocenters. The molecule has 1 atom stereocenters. The summed E-state index contributed by atoms with van der Waals surface area (Å²) in [6, 6.07) is 15.5. The normalized spacial score (nSPS) is 14.9. The van der Waals surface area contributed by atoms with Crippen LogP contribution in [0.15, 0.2) is 66.3 Å². The Labute approximate surface area is 256 Å². The number of esters is 1. The maximum absolute atomic E-state index is 13.5. The summed E-state index contributed by atoms with van der Waals surface area (Å²) in [6.45, 7) is 8.52. The lowest BCUT2D eigenvalue weighted by atomic mass is 10.0. The molecule has 1 N–H and O–H groups in total. The number of aromatic nitrogens is 3. The van der Waals surface area contributed by atoms with E-state index in [4.69, 9.17) is 9.47 Å². The molecular weight excluding hydrogens is 562 g/mol. The maximum Gasteiger partial charge on any atom is 0.306 e. The third-order valence-corrected chi connectivity index (χ3v) is 8.06. The molecule has 4 aromatic rings. The fraction of sp³-hybridized carbons (Fsp3) is 0.364. The minimum atomic E-state index is -0.493. The highest BCUT2D eigenvalue weighted by Gasteiger charge is 2.30. The van der Waals surface area contributed by atoms with E-state index in [2.05, 4.69) is 25.4 Å².